The first kappa shape index (κ1) is 17.2. The Morgan fingerprint density at radius 3 is 2.43 bits per heavy atom. The summed E-state index contributed by atoms with van der Waals surface area (Å²) >= 11 is 0. The van der Waals surface area contributed by atoms with Crippen molar-refractivity contribution in [3.05, 3.63) is 65.2 Å². The first-order valence-corrected chi connectivity index (χ1v) is 8.08. The van der Waals surface area contributed by atoms with Gasteiger partial charge in [-0.3, -0.25) is 0 Å². The number of hydrogen-bond acceptors (Lipinski definition) is 3. The van der Waals surface area contributed by atoms with Crippen LogP contribution < -0.4 is 4.74 Å². The number of ether oxygens (including phenoxy) is 2. The molecule has 2 aromatic carbocycles. The summed E-state index contributed by atoms with van der Waals surface area (Å²) in [6.45, 7) is 4.12. The molecule has 0 aliphatic rings. The SMILES string of the molecule is CCCCc1ccccc1OC(=O)c1ccc(C(C)OC)cc1. The van der Waals surface area contributed by atoms with Gasteiger partial charge in [0.15, 0.2) is 0 Å². The molecule has 122 valence electrons. The Balaban J connectivity index is 2.10. The van der Waals surface area contributed by atoms with Gasteiger partial charge in [-0.05, 0) is 49.1 Å². The molecule has 2 rings (SSSR count). The van der Waals surface area contributed by atoms with Crippen LogP contribution in [0.3, 0.4) is 0 Å². The molecule has 0 bridgehead atoms. The number of para-hydroxylation sites is 1. The number of unbranched alkanes of at least 4 members (excludes halogenated alkanes) is 1. The summed E-state index contributed by atoms with van der Waals surface area (Å²) in [7, 11) is 1.67. The van der Waals surface area contributed by atoms with E-state index >= 15 is 0 Å². The van der Waals surface area contributed by atoms with E-state index < -0.39 is 0 Å². The van der Waals surface area contributed by atoms with E-state index in [1.54, 1.807) is 19.2 Å². The van der Waals surface area contributed by atoms with Crippen molar-refractivity contribution in [2.45, 2.75) is 39.2 Å². The van der Waals surface area contributed by atoms with Crippen LogP contribution in [-0.4, -0.2) is 13.1 Å². The van der Waals surface area contributed by atoms with E-state index in [1.165, 1.54) is 0 Å². The molecule has 3 heteroatoms. The molecular weight excluding hydrogens is 288 g/mol. The van der Waals surface area contributed by atoms with Gasteiger partial charge in [0.25, 0.3) is 0 Å². The molecule has 0 aliphatic heterocycles. The Morgan fingerprint density at radius 1 is 1.09 bits per heavy atom. The maximum Gasteiger partial charge on any atom is 0.343 e. The van der Waals surface area contributed by atoms with Crippen LogP contribution in [0.5, 0.6) is 5.75 Å². The normalized spacial score (nSPS) is 12.0. The third kappa shape index (κ3) is 4.67. The van der Waals surface area contributed by atoms with Crippen LogP contribution in [0.25, 0.3) is 0 Å². The molecule has 3 nitrogen and oxygen atoms in total. The number of carbonyl (C=O) groups excluding carboxylic acids is 1. The third-order valence-corrected chi connectivity index (χ3v) is 3.94. The quantitative estimate of drug-likeness (QED) is 0.535. The zero-order valence-corrected chi connectivity index (χ0v) is 14.0. The van der Waals surface area contributed by atoms with E-state index in [4.69, 9.17) is 9.47 Å². The minimum absolute atomic E-state index is 0.00911. The summed E-state index contributed by atoms with van der Waals surface area (Å²) in [6, 6.07) is 15.1. The van der Waals surface area contributed by atoms with Crippen LogP contribution >= 0.6 is 0 Å². The van der Waals surface area contributed by atoms with Gasteiger partial charge in [-0.2, -0.15) is 0 Å². The summed E-state index contributed by atoms with van der Waals surface area (Å²) < 4.78 is 10.9. The van der Waals surface area contributed by atoms with E-state index in [9.17, 15) is 4.79 Å². The van der Waals surface area contributed by atoms with Crippen molar-refractivity contribution in [3.63, 3.8) is 0 Å². The molecule has 0 saturated carbocycles. The minimum atomic E-state index is -0.328. The van der Waals surface area contributed by atoms with Gasteiger partial charge in [0.05, 0.1) is 11.7 Å². The number of rotatable bonds is 7. The number of methoxy groups -OCH3 is 1. The molecule has 2 aromatic rings. The zero-order chi connectivity index (χ0) is 16.7. The van der Waals surface area contributed by atoms with Gasteiger partial charge in [0.1, 0.15) is 5.75 Å². The Bertz CT molecular complexity index is 632. The van der Waals surface area contributed by atoms with Gasteiger partial charge in [-0.15, -0.1) is 0 Å². The number of carbonyl (C=O) groups is 1. The monoisotopic (exact) mass is 312 g/mol. The molecule has 1 atom stereocenters. The van der Waals surface area contributed by atoms with Crippen LogP contribution in [0.2, 0.25) is 0 Å². The largest absolute Gasteiger partial charge is 0.423 e. The lowest BCUT2D eigenvalue weighted by Crippen LogP contribution is -2.10. The summed E-state index contributed by atoms with van der Waals surface area (Å²) in [5.74, 6) is 0.325. The molecule has 0 aromatic heterocycles. The highest BCUT2D eigenvalue weighted by Gasteiger charge is 2.12. The van der Waals surface area contributed by atoms with Gasteiger partial charge in [-0.1, -0.05) is 43.7 Å². The second-order valence-corrected chi connectivity index (χ2v) is 5.60. The van der Waals surface area contributed by atoms with Crippen molar-refractivity contribution < 1.29 is 14.3 Å². The first-order valence-electron chi connectivity index (χ1n) is 8.08. The highest BCUT2D eigenvalue weighted by Crippen LogP contribution is 2.22. The molecule has 0 spiro atoms. The zero-order valence-electron chi connectivity index (χ0n) is 14.0. The molecule has 0 radical (unpaired) electrons. The molecule has 0 fully saturated rings. The average Bonchev–Trinajstić information content (AvgIpc) is 2.60. The summed E-state index contributed by atoms with van der Waals surface area (Å²) in [5, 5.41) is 0. The number of aryl methyl sites for hydroxylation is 1. The van der Waals surface area contributed by atoms with Crippen molar-refractivity contribution in [2.24, 2.45) is 0 Å². The number of hydrogen-bond donors (Lipinski definition) is 0. The summed E-state index contributed by atoms with van der Waals surface area (Å²) in [4.78, 5) is 12.3. The molecular formula is C20H24O3. The van der Waals surface area contributed by atoms with Crippen molar-refractivity contribution in [2.75, 3.05) is 7.11 Å². The second kappa shape index (κ2) is 8.49. The lowest BCUT2D eigenvalue weighted by Gasteiger charge is -2.11. The highest BCUT2D eigenvalue weighted by atomic mass is 16.5. The van der Waals surface area contributed by atoms with Crippen molar-refractivity contribution >= 4 is 5.97 Å². The topological polar surface area (TPSA) is 35.5 Å². The van der Waals surface area contributed by atoms with Crippen molar-refractivity contribution in [1.29, 1.82) is 0 Å². The average molecular weight is 312 g/mol. The van der Waals surface area contributed by atoms with Gasteiger partial charge in [0.2, 0.25) is 0 Å². The maximum absolute atomic E-state index is 12.3. The Kier molecular flexibility index (Phi) is 6.36. The van der Waals surface area contributed by atoms with Crippen molar-refractivity contribution in [1.82, 2.24) is 0 Å². The standard InChI is InChI=1S/C20H24O3/c1-4-5-8-17-9-6-7-10-19(17)23-20(21)18-13-11-16(12-14-18)15(2)22-3/h6-7,9-15H,4-5,8H2,1-3H3. The molecule has 23 heavy (non-hydrogen) atoms. The maximum atomic E-state index is 12.3. The molecule has 0 aliphatic carbocycles. The Labute approximate surface area is 138 Å². The lowest BCUT2D eigenvalue weighted by molar-refractivity contribution is 0.0732. The third-order valence-electron chi connectivity index (χ3n) is 3.94. The molecule has 0 saturated heterocycles. The van der Waals surface area contributed by atoms with Crippen LogP contribution in [0, 0.1) is 0 Å². The molecule has 0 N–H and O–H groups in total. The number of esters is 1. The van der Waals surface area contributed by atoms with Crippen LogP contribution in [0.4, 0.5) is 0 Å². The minimum Gasteiger partial charge on any atom is -0.423 e. The first-order chi connectivity index (χ1) is 11.2. The van der Waals surface area contributed by atoms with Gasteiger partial charge in [0, 0.05) is 7.11 Å². The fraction of sp³-hybridized carbons (Fsp3) is 0.350. The molecule has 0 heterocycles. The Hall–Kier alpha value is -2.13. The van der Waals surface area contributed by atoms with Crippen molar-refractivity contribution in [3.8, 4) is 5.75 Å². The highest BCUT2D eigenvalue weighted by molar-refractivity contribution is 5.91. The van der Waals surface area contributed by atoms with Gasteiger partial charge in [-0.25, -0.2) is 4.79 Å². The summed E-state index contributed by atoms with van der Waals surface area (Å²) in [6.07, 6.45) is 3.12. The van der Waals surface area contributed by atoms with Crippen LogP contribution in [0.15, 0.2) is 48.5 Å². The molecule has 1 unspecified atom stereocenters. The van der Waals surface area contributed by atoms with E-state index in [0.717, 1.165) is 30.4 Å². The lowest BCUT2D eigenvalue weighted by atomic mass is 10.1. The molecule has 0 amide bonds. The fourth-order valence-corrected chi connectivity index (χ4v) is 2.36. The van der Waals surface area contributed by atoms with E-state index in [2.05, 4.69) is 6.92 Å². The van der Waals surface area contributed by atoms with E-state index in [-0.39, 0.29) is 12.1 Å². The van der Waals surface area contributed by atoms with Gasteiger partial charge < -0.3 is 9.47 Å². The van der Waals surface area contributed by atoms with E-state index in [0.29, 0.717) is 11.3 Å². The summed E-state index contributed by atoms with van der Waals surface area (Å²) in [5.41, 5.74) is 2.65. The predicted octanol–water partition coefficient (Wildman–Crippen LogP) is 4.96. The smallest absolute Gasteiger partial charge is 0.343 e. The van der Waals surface area contributed by atoms with Crippen LogP contribution in [-0.2, 0) is 11.2 Å². The van der Waals surface area contributed by atoms with Crippen LogP contribution in [0.1, 0.15) is 54.3 Å². The number of benzene rings is 2. The van der Waals surface area contributed by atoms with E-state index in [1.807, 2.05) is 43.3 Å². The fourth-order valence-electron chi connectivity index (χ4n) is 2.36. The Morgan fingerprint density at radius 2 is 1.78 bits per heavy atom. The second-order valence-electron chi connectivity index (χ2n) is 5.60. The van der Waals surface area contributed by atoms with Gasteiger partial charge >= 0.3 is 5.97 Å². The predicted molar refractivity (Wildman–Crippen MR) is 91.9 cm³/mol.